The highest BCUT2D eigenvalue weighted by Gasteiger charge is 2.29. The lowest BCUT2D eigenvalue weighted by Gasteiger charge is -2.32. The minimum Gasteiger partial charge on any atom is -0.489 e. The fourth-order valence-corrected chi connectivity index (χ4v) is 4.49. The number of carbonyl (C=O) groups excluding carboxylic acids is 1. The summed E-state index contributed by atoms with van der Waals surface area (Å²) in [6, 6.07) is 15.3. The van der Waals surface area contributed by atoms with E-state index < -0.39 is 22.0 Å². The van der Waals surface area contributed by atoms with Crippen molar-refractivity contribution in [2.75, 3.05) is 26.7 Å². The predicted octanol–water partition coefficient (Wildman–Crippen LogP) is 2.57. The van der Waals surface area contributed by atoms with Crippen LogP contribution >= 0.6 is 0 Å². The summed E-state index contributed by atoms with van der Waals surface area (Å²) in [5.41, 5.74) is 1.03. The third-order valence-electron chi connectivity index (χ3n) is 5.15. The second-order valence-electron chi connectivity index (χ2n) is 7.23. The predicted molar refractivity (Wildman–Crippen MR) is 114 cm³/mol. The highest BCUT2D eigenvalue weighted by molar-refractivity contribution is 7.89. The second-order valence-corrected chi connectivity index (χ2v) is 9.00. The maximum Gasteiger partial charge on any atom is 0.324 e. The van der Waals surface area contributed by atoms with E-state index in [1.54, 1.807) is 12.1 Å². The van der Waals surface area contributed by atoms with Crippen molar-refractivity contribution in [2.24, 2.45) is 0 Å². The van der Waals surface area contributed by atoms with Crippen LogP contribution in [0.15, 0.2) is 59.5 Å². The van der Waals surface area contributed by atoms with Crippen LogP contribution in [-0.2, 0) is 26.2 Å². The minimum absolute atomic E-state index is 0.0265. The fraction of sp³-hybridized carbons (Fsp3) is 0.409. The average Bonchev–Trinajstić information content (AvgIpc) is 2.79. The standard InChI is InChI=1S/C22H28N2O5S/c1-28-22(25)21(24-14-6-3-7-15-24)16-23-30(26,27)20-12-10-19(11-13-20)29-17-18-8-4-2-5-9-18/h2,4-5,8-13,21,23H,3,6-7,14-17H2,1H3. The molecule has 3 rings (SSSR count). The van der Waals surface area contributed by atoms with Crippen LogP contribution < -0.4 is 9.46 Å². The molecule has 162 valence electrons. The van der Waals surface area contributed by atoms with Gasteiger partial charge in [0, 0.05) is 6.54 Å². The summed E-state index contributed by atoms with van der Waals surface area (Å²) in [4.78, 5) is 14.3. The highest BCUT2D eigenvalue weighted by atomic mass is 32.2. The summed E-state index contributed by atoms with van der Waals surface area (Å²) in [5, 5.41) is 0. The van der Waals surface area contributed by atoms with Crippen LogP contribution in [-0.4, -0.2) is 52.1 Å². The molecule has 0 aliphatic carbocycles. The first-order chi connectivity index (χ1) is 14.5. The van der Waals surface area contributed by atoms with Crippen LogP contribution in [0, 0.1) is 0 Å². The van der Waals surface area contributed by atoms with Gasteiger partial charge in [-0.25, -0.2) is 13.1 Å². The van der Waals surface area contributed by atoms with Gasteiger partial charge in [0.1, 0.15) is 18.4 Å². The molecule has 1 aliphatic rings. The van der Waals surface area contributed by atoms with Gasteiger partial charge in [0.25, 0.3) is 0 Å². The molecule has 0 saturated carbocycles. The van der Waals surface area contributed by atoms with Gasteiger partial charge in [0.05, 0.1) is 12.0 Å². The Hall–Kier alpha value is -2.42. The Balaban J connectivity index is 1.60. The van der Waals surface area contributed by atoms with Crippen molar-refractivity contribution in [3.8, 4) is 5.75 Å². The Morgan fingerprint density at radius 1 is 1.03 bits per heavy atom. The van der Waals surface area contributed by atoms with Gasteiger partial charge in [-0.15, -0.1) is 0 Å². The molecule has 0 aromatic heterocycles. The van der Waals surface area contributed by atoms with E-state index in [1.165, 1.54) is 19.2 Å². The first-order valence-electron chi connectivity index (χ1n) is 10.1. The van der Waals surface area contributed by atoms with Crippen LogP contribution in [0.5, 0.6) is 5.75 Å². The molecule has 7 nitrogen and oxygen atoms in total. The Morgan fingerprint density at radius 2 is 1.70 bits per heavy atom. The number of hydrogen-bond acceptors (Lipinski definition) is 6. The van der Waals surface area contributed by atoms with Gasteiger partial charge in [-0.05, 0) is 55.8 Å². The molecule has 8 heteroatoms. The smallest absolute Gasteiger partial charge is 0.324 e. The number of carbonyl (C=O) groups is 1. The molecule has 2 aromatic rings. The highest BCUT2D eigenvalue weighted by Crippen LogP contribution is 2.18. The minimum atomic E-state index is -3.76. The van der Waals surface area contributed by atoms with E-state index in [0.717, 1.165) is 37.9 Å². The van der Waals surface area contributed by atoms with Crippen molar-refractivity contribution >= 4 is 16.0 Å². The molecule has 0 bridgehead atoms. The molecule has 1 unspecified atom stereocenters. The molecule has 1 N–H and O–H groups in total. The number of nitrogens with zero attached hydrogens (tertiary/aromatic N) is 1. The van der Waals surface area contributed by atoms with Crippen molar-refractivity contribution in [3.05, 3.63) is 60.2 Å². The molecular weight excluding hydrogens is 404 g/mol. The lowest BCUT2D eigenvalue weighted by Crippen LogP contribution is -2.50. The molecule has 1 heterocycles. The lowest BCUT2D eigenvalue weighted by molar-refractivity contribution is -0.147. The van der Waals surface area contributed by atoms with E-state index in [2.05, 4.69) is 4.72 Å². The monoisotopic (exact) mass is 432 g/mol. The van der Waals surface area contributed by atoms with Crippen molar-refractivity contribution in [3.63, 3.8) is 0 Å². The quantitative estimate of drug-likeness (QED) is 0.613. The lowest BCUT2D eigenvalue weighted by atomic mass is 10.1. The number of methoxy groups -OCH3 is 1. The fourth-order valence-electron chi connectivity index (χ4n) is 3.46. The van der Waals surface area contributed by atoms with E-state index in [1.807, 2.05) is 35.2 Å². The van der Waals surface area contributed by atoms with Crippen LogP contribution in [0.3, 0.4) is 0 Å². The number of piperidine rings is 1. The Morgan fingerprint density at radius 3 is 2.33 bits per heavy atom. The van der Waals surface area contributed by atoms with Gasteiger partial charge in [-0.2, -0.15) is 0 Å². The number of likely N-dealkylation sites (tertiary alicyclic amines) is 1. The molecule has 1 saturated heterocycles. The zero-order valence-corrected chi connectivity index (χ0v) is 17.9. The van der Waals surface area contributed by atoms with Crippen LogP contribution in [0.25, 0.3) is 0 Å². The Labute approximate surface area is 178 Å². The third-order valence-corrected chi connectivity index (χ3v) is 6.59. The van der Waals surface area contributed by atoms with Gasteiger partial charge in [-0.1, -0.05) is 36.8 Å². The second kappa shape index (κ2) is 10.6. The van der Waals surface area contributed by atoms with Crippen LogP contribution in [0.1, 0.15) is 24.8 Å². The van der Waals surface area contributed by atoms with Crippen LogP contribution in [0.4, 0.5) is 0 Å². The number of esters is 1. The molecule has 1 fully saturated rings. The number of benzene rings is 2. The summed E-state index contributed by atoms with van der Waals surface area (Å²) < 4.78 is 38.5. The maximum absolute atomic E-state index is 12.7. The summed E-state index contributed by atoms with van der Waals surface area (Å²) in [6.45, 7) is 1.90. The van der Waals surface area contributed by atoms with Gasteiger partial charge in [0.15, 0.2) is 0 Å². The van der Waals surface area contributed by atoms with E-state index in [-0.39, 0.29) is 11.4 Å². The number of nitrogens with one attached hydrogen (secondary N) is 1. The summed E-state index contributed by atoms with van der Waals surface area (Å²) >= 11 is 0. The number of sulfonamides is 1. The van der Waals surface area contributed by atoms with E-state index in [9.17, 15) is 13.2 Å². The van der Waals surface area contributed by atoms with Gasteiger partial charge in [-0.3, -0.25) is 9.69 Å². The molecule has 2 aromatic carbocycles. The van der Waals surface area contributed by atoms with E-state index >= 15 is 0 Å². The largest absolute Gasteiger partial charge is 0.489 e. The summed E-state index contributed by atoms with van der Waals surface area (Å²) in [7, 11) is -2.44. The molecule has 0 spiro atoms. The third kappa shape index (κ3) is 6.04. The van der Waals surface area contributed by atoms with E-state index in [4.69, 9.17) is 9.47 Å². The summed E-state index contributed by atoms with van der Waals surface area (Å²) in [5.74, 6) is 0.155. The van der Waals surface area contributed by atoms with Crippen molar-refractivity contribution in [2.45, 2.75) is 36.8 Å². The zero-order valence-electron chi connectivity index (χ0n) is 17.1. The molecule has 1 aliphatic heterocycles. The van der Waals surface area contributed by atoms with Crippen molar-refractivity contribution in [1.29, 1.82) is 0 Å². The Bertz CT molecular complexity index is 910. The summed E-state index contributed by atoms with van der Waals surface area (Å²) in [6.07, 6.45) is 3.10. The van der Waals surface area contributed by atoms with E-state index in [0.29, 0.717) is 12.4 Å². The molecule has 1 atom stereocenters. The molecule has 0 amide bonds. The average molecular weight is 433 g/mol. The normalized spacial score (nSPS) is 16.0. The number of rotatable bonds is 9. The molecular formula is C22H28N2O5S. The van der Waals surface area contributed by atoms with Gasteiger partial charge in [0.2, 0.25) is 10.0 Å². The van der Waals surface area contributed by atoms with Crippen molar-refractivity contribution in [1.82, 2.24) is 9.62 Å². The van der Waals surface area contributed by atoms with Gasteiger partial charge < -0.3 is 9.47 Å². The first kappa shape index (κ1) is 22.3. The zero-order chi connectivity index (χ0) is 21.4. The SMILES string of the molecule is COC(=O)C(CNS(=O)(=O)c1ccc(OCc2ccccc2)cc1)N1CCCCC1. The van der Waals surface area contributed by atoms with Gasteiger partial charge >= 0.3 is 5.97 Å². The number of ether oxygens (including phenoxy) is 2. The Kier molecular flexibility index (Phi) is 7.84. The van der Waals surface area contributed by atoms with Crippen LogP contribution in [0.2, 0.25) is 0 Å². The maximum atomic E-state index is 12.7. The van der Waals surface area contributed by atoms with Crippen molar-refractivity contribution < 1.29 is 22.7 Å². The number of hydrogen-bond donors (Lipinski definition) is 1. The first-order valence-corrected chi connectivity index (χ1v) is 11.6. The topological polar surface area (TPSA) is 84.9 Å². The molecule has 0 radical (unpaired) electrons. The molecule has 30 heavy (non-hydrogen) atoms.